The van der Waals surface area contributed by atoms with Crippen molar-refractivity contribution in [2.24, 2.45) is 0 Å². The Kier molecular flexibility index (Phi) is 5.41. The molecule has 0 aliphatic carbocycles. The Bertz CT molecular complexity index is 490. The van der Waals surface area contributed by atoms with Gasteiger partial charge >= 0.3 is 0 Å². The Labute approximate surface area is 121 Å². The molecular formula is C16H25N3O. The zero-order valence-electron chi connectivity index (χ0n) is 12.7. The fourth-order valence-corrected chi connectivity index (χ4v) is 2.32. The van der Waals surface area contributed by atoms with Gasteiger partial charge in [0.25, 0.3) is 0 Å². The van der Waals surface area contributed by atoms with Crippen LogP contribution in [0.3, 0.4) is 0 Å². The van der Waals surface area contributed by atoms with Crippen molar-refractivity contribution in [3.8, 4) is 0 Å². The van der Waals surface area contributed by atoms with E-state index in [1.165, 1.54) is 0 Å². The summed E-state index contributed by atoms with van der Waals surface area (Å²) in [6.45, 7) is 7.42. The Hall–Kier alpha value is -1.55. The normalized spacial score (nSPS) is 13.0. The maximum atomic E-state index is 5.68. The van der Waals surface area contributed by atoms with E-state index >= 15 is 0 Å². The number of aryl methyl sites for hydroxylation is 2. The average Bonchev–Trinajstić information content (AvgIpc) is 3.07. The van der Waals surface area contributed by atoms with Gasteiger partial charge in [-0.15, -0.1) is 0 Å². The fourth-order valence-electron chi connectivity index (χ4n) is 2.32. The van der Waals surface area contributed by atoms with E-state index < -0.39 is 0 Å². The van der Waals surface area contributed by atoms with Crippen LogP contribution < -0.4 is 0 Å². The van der Waals surface area contributed by atoms with Crippen molar-refractivity contribution in [1.82, 2.24) is 14.7 Å². The molecule has 2 rings (SSSR count). The monoisotopic (exact) mass is 275 g/mol. The summed E-state index contributed by atoms with van der Waals surface area (Å²) in [6.07, 6.45) is 6.11. The molecule has 0 saturated heterocycles. The fraction of sp³-hybridized carbons (Fsp3) is 0.562. The molecule has 2 aromatic rings. The second kappa shape index (κ2) is 7.29. The van der Waals surface area contributed by atoms with E-state index in [2.05, 4.69) is 30.0 Å². The lowest BCUT2D eigenvalue weighted by atomic mass is 10.1. The van der Waals surface area contributed by atoms with Crippen molar-refractivity contribution in [3.63, 3.8) is 0 Å². The Morgan fingerprint density at radius 1 is 1.35 bits per heavy atom. The Balaban J connectivity index is 1.63. The topological polar surface area (TPSA) is 34.2 Å². The minimum Gasteiger partial charge on any atom is -0.466 e. The highest BCUT2D eigenvalue weighted by Crippen LogP contribution is 2.21. The number of furan rings is 1. The predicted octanol–water partition coefficient (Wildman–Crippen LogP) is 3.30. The smallest absolute Gasteiger partial charge is 0.107 e. The van der Waals surface area contributed by atoms with Crippen molar-refractivity contribution in [3.05, 3.63) is 42.1 Å². The zero-order chi connectivity index (χ0) is 14.4. The minimum absolute atomic E-state index is 0.484. The number of aromatic nitrogens is 2. The first kappa shape index (κ1) is 14.9. The number of nitrogens with zero attached hydrogens (tertiary/aromatic N) is 3. The quantitative estimate of drug-likeness (QED) is 0.741. The highest BCUT2D eigenvalue weighted by molar-refractivity contribution is 5.09. The molecule has 2 aromatic heterocycles. The van der Waals surface area contributed by atoms with Gasteiger partial charge in [0, 0.05) is 24.9 Å². The highest BCUT2D eigenvalue weighted by atomic mass is 16.3. The van der Waals surface area contributed by atoms with Crippen LogP contribution in [0.15, 0.2) is 35.0 Å². The van der Waals surface area contributed by atoms with Crippen LogP contribution in [0.25, 0.3) is 0 Å². The van der Waals surface area contributed by atoms with Crippen molar-refractivity contribution >= 4 is 0 Å². The molecule has 4 heteroatoms. The van der Waals surface area contributed by atoms with Gasteiger partial charge in [0.15, 0.2) is 0 Å². The lowest BCUT2D eigenvalue weighted by Crippen LogP contribution is -2.23. The molecular weight excluding hydrogens is 250 g/mol. The standard InChI is InChI=1S/C16H25N3O/c1-14(16-7-6-15(2)20-16)8-13-18(3)10-5-12-19-11-4-9-17-19/h4,6-7,9,11,14H,5,8,10,12-13H2,1-3H3/t14-/m1/s1. The van der Waals surface area contributed by atoms with Crippen LogP contribution >= 0.6 is 0 Å². The van der Waals surface area contributed by atoms with Crippen LogP contribution in [0.1, 0.15) is 37.2 Å². The molecule has 0 amide bonds. The third-order valence-electron chi connectivity index (χ3n) is 3.68. The molecule has 4 nitrogen and oxygen atoms in total. The van der Waals surface area contributed by atoms with Gasteiger partial charge in [-0.2, -0.15) is 5.10 Å². The zero-order valence-corrected chi connectivity index (χ0v) is 12.7. The van der Waals surface area contributed by atoms with Crippen LogP contribution in [0.2, 0.25) is 0 Å². The van der Waals surface area contributed by atoms with Gasteiger partial charge in [-0.25, -0.2) is 0 Å². The molecule has 0 aliphatic heterocycles. The second-order valence-corrected chi connectivity index (χ2v) is 5.56. The predicted molar refractivity (Wildman–Crippen MR) is 80.8 cm³/mol. The molecule has 0 saturated carbocycles. The van der Waals surface area contributed by atoms with Crippen LogP contribution in [-0.2, 0) is 6.54 Å². The molecule has 110 valence electrons. The second-order valence-electron chi connectivity index (χ2n) is 5.56. The van der Waals surface area contributed by atoms with E-state index in [0.717, 1.165) is 44.0 Å². The summed E-state index contributed by atoms with van der Waals surface area (Å²) in [5.41, 5.74) is 0. The molecule has 0 aliphatic rings. The van der Waals surface area contributed by atoms with Crippen LogP contribution in [0.5, 0.6) is 0 Å². The maximum Gasteiger partial charge on any atom is 0.107 e. The number of hydrogen-bond donors (Lipinski definition) is 0. The van der Waals surface area contributed by atoms with E-state index in [1.807, 2.05) is 36.1 Å². The van der Waals surface area contributed by atoms with Gasteiger partial charge in [0.2, 0.25) is 0 Å². The van der Waals surface area contributed by atoms with Gasteiger partial charge in [0.1, 0.15) is 11.5 Å². The van der Waals surface area contributed by atoms with Crippen molar-refractivity contribution in [1.29, 1.82) is 0 Å². The van der Waals surface area contributed by atoms with Crippen LogP contribution in [0.4, 0.5) is 0 Å². The average molecular weight is 275 g/mol. The summed E-state index contributed by atoms with van der Waals surface area (Å²) < 4.78 is 7.67. The molecule has 1 atom stereocenters. The van der Waals surface area contributed by atoms with Gasteiger partial charge < -0.3 is 9.32 Å². The van der Waals surface area contributed by atoms with Crippen LogP contribution in [0, 0.1) is 6.92 Å². The van der Waals surface area contributed by atoms with Crippen molar-refractivity contribution in [2.75, 3.05) is 20.1 Å². The largest absolute Gasteiger partial charge is 0.466 e. The Morgan fingerprint density at radius 3 is 2.85 bits per heavy atom. The van der Waals surface area contributed by atoms with E-state index in [1.54, 1.807) is 0 Å². The lowest BCUT2D eigenvalue weighted by molar-refractivity contribution is 0.300. The first-order valence-electron chi connectivity index (χ1n) is 7.37. The molecule has 2 heterocycles. The SMILES string of the molecule is Cc1ccc([C@H](C)CCN(C)CCCn2cccn2)o1. The summed E-state index contributed by atoms with van der Waals surface area (Å²) >= 11 is 0. The summed E-state index contributed by atoms with van der Waals surface area (Å²) in [5, 5.41) is 4.22. The molecule has 0 unspecified atom stereocenters. The van der Waals surface area contributed by atoms with E-state index in [0.29, 0.717) is 5.92 Å². The van der Waals surface area contributed by atoms with Gasteiger partial charge in [-0.05, 0) is 58.1 Å². The van der Waals surface area contributed by atoms with E-state index in [9.17, 15) is 0 Å². The van der Waals surface area contributed by atoms with Crippen molar-refractivity contribution in [2.45, 2.75) is 39.2 Å². The molecule has 0 bridgehead atoms. The third kappa shape index (κ3) is 4.53. The molecule has 0 fully saturated rings. The van der Waals surface area contributed by atoms with Crippen LogP contribution in [-0.4, -0.2) is 34.8 Å². The minimum atomic E-state index is 0.484. The molecule has 0 N–H and O–H groups in total. The maximum absolute atomic E-state index is 5.68. The summed E-state index contributed by atoms with van der Waals surface area (Å²) in [7, 11) is 2.18. The summed E-state index contributed by atoms with van der Waals surface area (Å²) in [4.78, 5) is 2.38. The molecule has 0 aromatic carbocycles. The first-order chi connectivity index (χ1) is 9.65. The summed E-state index contributed by atoms with van der Waals surface area (Å²) in [5.74, 6) is 2.59. The highest BCUT2D eigenvalue weighted by Gasteiger charge is 2.10. The number of rotatable bonds is 8. The molecule has 0 radical (unpaired) electrons. The van der Waals surface area contributed by atoms with Gasteiger partial charge in [0.05, 0.1) is 0 Å². The lowest BCUT2D eigenvalue weighted by Gasteiger charge is -2.18. The molecule has 20 heavy (non-hydrogen) atoms. The summed E-state index contributed by atoms with van der Waals surface area (Å²) in [6, 6.07) is 6.11. The van der Waals surface area contributed by atoms with E-state index in [-0.39, 0.29) is 0 Å². The van der Waals surface area contributed by atoms with E-state index in [4.69, 9.17) is 4.42 Å². The van der Waals surface area contributed by atoms with Crippen molar-refractivity contribution < 1.29 is 4.42 Å². The third-order valence-corrected chi connectivity index (χ3v) is 3.68. The van der Waals surface area contributed by atoms with Gasteiger partial charge in [-0.1, -0.05) is 6.92 Å². The number of hydrogen-bond acceptors (Lipinski definition) is 3. The van der Waals surface area contributed by atoms with Gasteiger partial charge in [-0.3, -0.25) is 4.68 Å². The molecule has 0 spiro atoms. The Morgan fingerprint density at radius 2 is 2.20 bits per heavy atom. The first-order valence-corrected chi connectivity index (χ1v) is 7.37.